The topological polar surface area (TPSA) is 53.2 Å². The van der Waals surface area contributed by atoms with E-state index in [1.54, 1.807) is 13.0 Å². The maximum Gasteiger partial charge on any atom is 0.257 e. The first-order valence-electron chi connectivity index (χ1n) is 5.00. The fourth-order valence-electron chi connectivity index (χ4n) is 1.45. The molecule has 4 nitrogen and oxygen atoms in total. The number of aromatic amines is 1. The Hall–Kier alpha value is -1.84. The second-order valence-electron chi connectivity index (χ2n) is 3.98. The van der Waals surface area contributed by atoms with Crippen molar-refractivity contribution in [2.45, 2.75) is 13.8 Å². The van der Waals surface area contributed by atoms with E-state index >= 15 is 0 Å². The molecule has 0 fully saturated rings. The summed E-state index contributed by atoms with van der Waals surface area (Å²) in [6, 6.07) is 1.88. The summed E-state index contributed by atoms with van der Waals surface area (Å²) < 4.78 is 0. The van der Waals surface area contributed by atoms with Crippen molar-refractivity contribution >= 4 is 18.0 Å². The molecule has 0 unspecified atom stereocenters. The summed E-state index contributed by atoms with van der Waals surface area (Å²) >= 11 is 0. The summed E-state index contributed by atoms with van der Waals surface area (Å²) in [4.78, 5) is 26.9. The van der Waals surface area contributed by atoms with E-state index in [2.05, 4.69) is 4.98 Å². The summed E-state index contributed by atoms with van der Waals surface area (Å²) in [7, 11) is 3.73. The average molecular weight is 220 g/mol. The van der Waals surface area contributed by atoms with Gasteiger partial charge in [0.25, 0.3) is 5.56 Å². The minimum absolute atomic E-state index is 0.176. The van der Waals surface area contributed by atoms with Gasteiger partial charge >= 0.3 is 0 Å². The number of H-pyrrole nitrogens is 1. The lowest BCUT2D eigenvalue weighted by atomic mass is 10.1. The van der Waals surface area contributed by atoms with Crippen LogP contribution < -0.4 is 10.5 Å². The standard InChI is InChI=1S/C12H16N2O2/c1-8(7-15)5-10-11(14(3)4)6-9(2)13-12(10)16/h5-7H,1-4H3,(H,13,16)/b8-5-. The number of aldehydes is 1. The average Bonchev–Trinajstić information content (AvgIpc) is 2.20. The smallest absolute Gasteiger partial charge is 0.257 e. The number of anilines is 1. The third kappa shape index (κ3) is 2.59. The van der Waals surface area contributed by atoms with E-state index in [0.717, 1.165) is 17.7 Å². The molecule has 0 amide bonds. The molecular weight excluding hydrogens is 204 g/mol. The lowest BCUT2D eigenvalue weighted by Gasteiger charge is -2.15. The highest BCUT2D eigenvalue weighted by Gasteiger charge is 2.08. The van der Waals surface area contributed by atoms with Crippen LogP contribution in [0.4, 0.5) is 5.69 Å². The number of carbonyl (C=O) groups is 1. The third-order valence-electron chi connectivity index (χ3n) is 2.22. The van der Waals surface area contributed by atoms with Crippen LogP contribution in [0.15, 0.2) is 16.4 Å². The highest BCUT2D eigenvalue weighted by molar-refractivity contribution is 5.83. The molecule has 0 aliphatic rings. The molecule has 1 aromatic heterocycles. The molecular formula is C12H16N2O2. The van der Waals surface area contributed by atoms with E-state index in [1.165, 1.54) is 0 Å². The van der Waals surface area contributed by atoms with E-state index in [1.807, 2.05) is 32.0 Å². The molecule has 0 aromatic carbocycles. The van der Waals surface area contributed by atoms with Crippen molar-refractivity contribution in [3.8, 4) is 0 Å². The largest absolute Gasteiger partial charge is 0.377 e. The zero-order valence-electron chi connectivity index (χ0n) is 10.00. The van der Waals surface area contributed by atoms with Crippen LogP contribution in [0.5, 0.6) is 0 Å². The fourth-order valence-corrected chi connectivity index (χ4v) is 1.45. The summed E-state index contributed by atoms with van der Waals surface area (Å²) in [6.45, 7) is 3.50. The number of allylic oxidation sites excluding steroid dienone is 1. The molecule has 0 atom stereocenters. The van der Waals surface area contributed by atoms with Gasteiger partial charge in [-0.25, -0.2) is 0 Å². The minimum atomic E-state index is -0.176. The number of hydrogen-bond acceptors (Lipinski definition) is 3. The normalized spacial score (nSPS) is 11.4. The Bertz CT molecular complexity index is 484. The van der Waals surface area contributed by atoms with E-state index in [-0.39, 0.29) is 5.56 Å². The van der Waals surface area contributed by atoms with Crippen molar-refractivity contribution in [1.29, 1.82) is 0 Å². The van der Waals surface area contributed by atoms with Crippen LogP contribution in [-0.4, -0.2) is 25.4 Å². The van der Waals surface area contributed by atoms with E-state index in [4.69, 9.17) is 0 Å². The number of rotatable bonds is 3. The molecule has 0 saturated carbocycles. The molecule has 16 heavy (non-hydrogen) atoms. The van der Waals surface area contributed by atoms with Crippen molar-refractivity contribution in [3.63, 3.8) is 0 Å². The van der Waals surface area contributed by atoms with Crippen LogP contribution in [0, 0.1) is 6.92 Å². The van der Waals surface area contributed by atoms with Gasteiger partial charge in [0, 0.05) is 19.8 Å². The SMILES string of the molecule is C/C(C=O)=C/c1c(N(C)C)cc(C)[nH]c1=O. The lowest BCUT2D eigenvalue weighted by molar-refractivity contribution is -0.104. The Balaban J connectivity index is 3.47. The zero-order valence-corrected chi connectivity index (χ0v) is 10.00. The molecule has 1 rings (SSSR count). The Morgan fingerprint density at radius 1 is 1.44 bits per heavy atom. The molecule has 0 spiro atoms. The van der Waals surface area contributed by atoms with Crippen LogP contribution in [-0.2, 0) is 4.79 Å². The van der Waals surface area contributed by atoms with Gasteiger partial charge in [-0.05, 0) is 31.6 Å². The van der Waals surface area contributed by atoms with Crippen LogP contribution in [0.2, 0.25) is 0 Å². The maximum absolute atomic E-state index is 11.8. The number of hydrogen-bond donors (Lipinski definition) is 1. The predicted molar refractivity (Wildman–Crippen MR) is 65.8 cm³/mol. The van der Waals surface area contributed by atoms with Crippen LogP contribution in [0.1, 0.15) is 18.2 Å². The third-order valence-corrected chi connectivity index (χ3v) is 2.22. The molecule has 0 aliphatic heterocycles. The molecule has 86 valence electrons. The summed E-state index contributed by atoms with van der Waals surface area (Å²) in [5.41, 5.74) is 2.47. The van der Waals surface area contributed by atoms with Crippen molar-refractivity contribution in [1.82, 2.24) is 4.98 Å². The Morgan fingerprint density at radius 3 is 2.56 bits per heavy atom. The predicted octanol–water partition coefficient (Wildman–Crippen LogP) is 1.35. The van der Waals surface area contributed by atoms with Gasteiger partial charge in [-0.15, -0.1) is 0 Å². The van der Waals surface area contributed by atoms with Gasteiger partial charge in [-0.1, -0.05) is 0 Å². The van der Waals surface area contributed by atoms with Gasteiger partial charge in [-0.2, -0.15) is 0 Å². The Morgan fingerprint density at radius 2 is 2.06 bits per heavy atom. The first-order chi connectivity index (χ1) is 7.45. The number of aryl methyl sites for hydroxylation is 1. The molecule has 1 aromatic rings. The number of carbonyl (C=O) groups excluding carboxylic acids is 1. The second kappa shape index (κ2) is 4.79. The van der Waals surface area contributed by atoms with Crippen molar-refractivity contribution < 1.29 is 4.79 Å². The molecule has 0 bridgehead atoms. The summed E-state index contributed by atoms with van der Waals surface area (Å²) in [6.07, 6.45) is 2.33. The van der Waals surface area contributed by atoms with Gasteiger partial charge in [-0.3, -0.25) is 9.59 Å². The van der Waals surface area contributed by atoms with E-state index in [9.17, 15) is 9.59 Å². The fraction of sp³-hybridized carbons (Fsp3) is 0.333. The number of aromatic nitrogens is 1. The first kappa shape index (κ1) is 12.2. The van der Waals surface area contributed by atoms with Crippen molar-refractivity contribution in [2.75, 3.05) is 19.0 Å². The minimum Gasteiger partial charge on any atom is -0.377 e. The maximum atomic E-state index is 11.8. The van der Waals surface area contributed by atoms with Crippen LogP contribution in [0.25, 0.3) is 6.08 Å². The van der Waals surface area contributed by atoms with Gasteiger partial charge < -0.3 is 9.88 Å². The first-order valence-corrected chi connectivity index (χ1v) is 5.00. The van der Waals surface area contributed by atoms with Crippen molar-refractivity contribution in [2.24, 2.45) is 0 Å². The molecule has 4 heteroatoms. The van der Waals surface area contributed by atoms with Gasteiger partial charge in [0.1, 0.15) is 6.29 Å². The molecule has 0 saturated heterocycles. The number of nitrogens with zero attached hydrogens (tertiary/aromatic N) is 1. The van der Waals surface area contributed by atoms with Crippen LogP contribution >= 0.6 is 0 Å². The number of pyridine rings is 1. The highest BCUT2D eigenvalue weighted by Crippen LogP contribution is 2.17. The molecule has 1 N–H and O–H groups in total. The molecule has 1 heterocycles. The summed E-state index contributed by atoms with van der Waals surface area (Å²) in [5.74, 6) is 0. The zero-order chi connectivity index (χ0) is 12.3. The van der Waals surface area contributed by atoms with Gasteiger partial charge in [0.05, 0.1) is 11.3 Å². The van der Waals surface area contributed by atoms with E-state index in [0.29, 0.717) is 11.1 Å². The number of nitrogens with one attached hydrogen (secondary N) is 1. The summed E-state index contributed by atoms with van der Waals surface area (Å²) in [5, 5.41) is 0. The van der Waals surface area contributed by atoms with Crippen molar-refractivity contribution in [3.05, 3.63) is 33.3 Å². The monoisotopic (exact) mass is 220 g/mol. The second-order valence-corrected chi connectivity index (χ2v) is 3.98. The van der Waals surface area contributed by atoms with Crippen LogP contribution in [0.3, 0.4) is 0 Å². The lowest BCUT2D eigenvalue weighted by Crippen LogP contribution is -2.19. The van der Waals surface area contributed by atoms with E-state index < -0.39 is 0 Å². The highest BCUT2D eigenvalue weighted by atomic mass is 16.1. The Labute approximate surface area is 94.6 Å². The van der Waals surface area contributed by atoms with Gasteiger partial charge in [0.2, 0.25) is 0 Å². The molecule has 0 aliphatic carbocycles. The van der Waals surface area contributed by atoms with Gasteiger partial charge in [0.15, 0.2) is 0 Å². The Kier molecular flexibility index (Phi) is 3.66. The molecule has 0 radical (unpaired) electrons. The quantitative estimate of drug-likeness (QED) is 0.618.